The molecule has 0 spiro atoms. The van der Waals surface area contributed by atoms with Gasteiger partial charge in [-0.05, 0) is 42.7 Å². The molecule has 0 bridgehead atoms. The van der Waals surface area contributed by atoms with E-state index in [9.17, 15) is 9.18 Å². The van der Waals surface area contributed by atoms with E-state index in [0.717, 1.165) is 29.7 Å². The van der Waals surface area contributed by atoms with Crippen molar-refractivity contribution in [2.24, 2.45) is 5.73 Å². The fraction of sp³-hybridized carbons (Fsp3) is 0.308. The first-order chi connectivity index (χ1) is 17.5. The second-order valence-electron chi connectivity index (χ2n) is 8.98. The van der Waals surface area contributed by atoms with E-state index >= 15 is 0 Å². The SMILES string of the molecule is Cc1c[nH]c2nccc(Oc3ccc(C[C@H](N)C(=O)N4CCN(Cc5cnccn5)CC4)cc3F)c12. The molecule has 4 aromatic rings. The van der Waals surface area contributed by atoms with Crippen molar-refractivity contribution < 1.29 is 13.9 Å². The highest BCUT2D eigenvalue weighted by Gasteiger charge is 2.26. The number of hydrogen-bond donors (Lipinski definition) is 2. The van der Waals surface area contributed by atoms with Crippen molar-refractivity contribution in [2.75, 3.05) is 26.2 Å². The topological polar surface area (TPSA) is 113 Å². The van der Waals surface area contributed by atoms with Crippen LogP contribution in [0.5, 0.6) is 11.5 Å². The number of nitrogens with two attached hydrogens (primary N) is 1. The Morgan fingerprint density at radius 3 is 2.72 bits per heavy atom. The molecule has 0 saturated carbocycles. The fourth-order valence-corrected chi connectivity index (χ4v) is 4.48. The van der Waals surface area contributed by atoms with Gasteiger partial charge in [0.2, 0.25) is 5.91 Å². The van der Waals surface area contributed by atoms with Gasteiger partial charge in [0.1, 0.15) is 11.4 Å². The van der Waals surface area contributed by atoms with Gasteiger partial charge in [-0.2, -0.15) is 0 Å². The number of aromatic amines is 1. The molecule has 0 radical (unpaired) electrons. The smallest absolute Gasteiger partial charge is 0.239 e. The van der Waals surface area contributed by atoms with Gasteiger partial charge < -0.3 is 20.4 Å². The molecule has 1 atom stereocenters. The monoisotopic (exact) mass is 489 g/mol. The lowest BCUT2D eigenvalue weighted by Gasteiger charge is -2.35. The number of hydrogen-bond acceptors (Lipinski definition) is 7. The van der Waals surface area contributed by atoms with Crippen LogP contribution in [0.3, 0.4) is 0 Å². The van der Waals surface area contributed by atoms with Crippen molar-refractivity contribution >= 4 is 16.9 Å². The summed E-state index contributed by atoms with van der Waals surface area (Å²) in [5.41, 5.74) is 9.42. The number of carbonyl (C=O) groups excluding carboxylic acids is 1. The Kier molecular flexibility index (Phi) is 6.88. The molecule has 1 amide bonds. The summed E-state index contributed by atoms with van der Waals surface area (Å²) < 4.78 is 20.8. The Morgan fingerprint density at radius 1 is 1.14 bits per heavy atom. The minimum absolute atomic E-state index is 0.103. The fourth-order valence-electron chi connectivity index (χ4n) is 4.48. The van der Waals surface area contributed by atoms with Crippen molar-refractivity contribution in [1.82, 2.24) is 29.7 Å². The molecule has 10 heteroatoms. The van der Waals surface area contributed by atoms with Crippen LogP contribution in [0.25, 0.3) is 11.0 Å². The zero-order valence-corrected chi connectivity index (χ0v) is 20.0. The summed E-state index contributed by atoms with van der Waals surface area (Å²) in [6.45, 7) is 5.28. The van der Waals surface area contributed by atoms with Crippen LogP contribution in [0.1, 0.15) is 16.8 Å². The van der Waals surface area contributed by atoms with Crippen molar-refractivity contribution in [2.45, 2.75) is 25.9 Å². The lowest BCUT2D eigenvalue weighted by Crippen LogP contribution is -2.53. The molecule has 3 N–H and O–H groups in total. The van der Waals surface area contributed by atoms with Gasteiger partial charge >= 0.3 is 0 Å². The van der Waals surface area contributed by atoms with Crippen LogP contribution in [-0.4, -0.2) is 67.9 Å². The highest BCUT2D eigenvalue weighted by molar-refractivity contribution is 5.86. The van der Waals surface area contributed by atoms with Crippen LogP contribution in [0, 0.1) is 12.7 Å². The number of nitrogens with one attached hydrogen (secondary N) is 1. The largest absolute Gasteiger partial charge is 0.453 e. The first-order valence-electron chi connectivity index (χ1n) is 11.9. The third kappa shape index (κ3) is 5.19. The van der Waals surface area contributed by atoms with Crippen LogP contribution in [0.15, 0.2) is 55.2 Å². The lowest BCUT2D eigenvalue weighted by molar-refractivity contribution is -0.134. The summed E-state index contributed by atoms with van der Waals surface area (Å²) in [6, 6.07) is 5.65. The Balaban J connectivity index is 1.17. The number of carbonyl (C=O) groups is 1. The van der Waals surface area contributed by atoms with Crippen LogP contribution >= 0.6 is 0 Å². The number of rotatable bonds is 7. The van der Waals surface area contributed by atoms with E-state index in [4.69, 9.17) is 10.5 Å². The number of nitrogens with zero attached hydrogens (tertiary/aromatic N) is 5. The standard InChI is InChI=1S/C26H28FN7O2/c1-17-14-32-25-24(17)23(4-5-31-25)36-22-3-2-18(12-20(22)27)13-21(28)26(35)34-10-8-33(9-11-34)16-19-15-29-6-7-30-19/h2-7,12,14-15,21H,8-11,13,16,28H2,1H3,(H,31,32)/t21-/m0/s1. The van der Waals surface area contributed by atoms with Gasteiger partial charge in [0.15, 0.2) is 11.6 Å². The molecule has 0 unspecified atom stereocenters. The summed E-state index contributed by atoms with van der Waals surface area (Å²) in [5.74, 6) is -0.0124. The van der Waals surface area contributed by atoms with Crippen LogP contribution in [-0.2, 0) is 17.8 Å². The maximum Gasteiger partial charge on any atom is 0.239 e. The number of ether oxygens (including phenoxy) is 1. The second kappa shape index (κ2) is 10.4. The molecule has 1 aliphatic heterocycles. The third-order valence-corrected chi connectivity index (χ3v) is 6.41. The van der Waals surface area contributed by atoms with Gasteiger partial charge in [-0.25, -0.2) is 9.37 Å². The average Bonchev–Trinajstić information content (AvgIpc) is 3.28. The van der Waals surface area contributed by atoms with Gasteiger partial charge in [0.05, 0.1) is 17.1 Å². The quantitative estimate of drug-likeness (QED) is 0.410. The molecule has 1 fully saturated rings. The van der Waals surface area contributed by atoms with Crippen LogP contribution in [0.4, 0.5) is 4.39 Å². The lowest BCUT2D eigenvalue weighted by atomic mass is 10.0. The first-order valence-corrected chi connectivity index (χ1v) is 11.9. The van der Waals surface area contributed by atoms with Crippen molar-refractivity contribution in [3.8, 4) is 11.5 Å². The number of halogens is 1. The Labute approximate surface area is 208 Å². The van der Waals surface area contributed by atoms with Gasteiger partial charge in [0, 0.05) is 63.7 Å². The average molecular weight is 490 g/mol. The van der Waals surface area contributed by atoms with E-state index in [0.29, 0.717) is 36.6 Å². The van der Waals surface area contributed by atoms with Gasteiger partial charge in [-0.3, -0.25) is 19.7 Å². The molecule has 5 rings (SSSR count). The zero-order valence-electron chi connectivity index (χ0n) is 20.0. The number of amides is 1. The maximum absolute atomic E-state index is 14.9. The number of fused-ring (bicyclic) bond motifs is 1. The number of aryl methyl sites for hydroxylation is 1. The number of H-pyrrole nitrogens is 1. The summed E-state index contributed by atoms with van der Waals surface area (Å²) >= 11 is 0. The van der Waals surface area contributed by atoms with Crippen molar-refractivity contribution in [1.29, 1.82) is 0 Å². The molecule has 1 saturated heterocycles. The Bertz CT molecular complexity index is 1350. The number of pyridine rings is 1. The van der Waals surface area contributed by atoms with E-state index in [1.54, 1.807) is 47.9 Å². The molecular formula is C26H28FN7O2. The van der Waals surface area contributed by atoms with Crippen LogP contribution in [0.2, 0.25) is 0 Å². The third-order valence-electron chi connectivity index (χ3n) is 6.41. The highest BCUT2D eigenvalue weighted by Crippen LogP contribution is 2.32. The molecule has 36 heavy (non-hydrogen) atoms. The molecular weight excluding hydrogens is 461 g/mol. The van der Waals surface area contributed by atoms with E-state index in [1.807, 2.05) is 13.1 Å². The number of piperazine rings is 1. The number of aromatic nitrogens is 4. The van der Waals surface area contributed by atoms with Crippen LogP contribution < -0.4 is 10.5 Å². The molecule has 3 aromatic heterocycles. The van der Waals surface area contributed by atoms with Crippen molar-refractivity contribution in [3.05, 3.63) is 77.9 Å². The predicted octanol–water partition coefficient (Wildman–Crippen LogP) is 2.81. The molecule has 9 nitrogen and oxygen atoms in total. The Hall–Kier alpha value is -3.89. The molecule has 1 aliphatic rings. The van der Waals surface area contributed by atoms with Gasteiger partial charge in [-0.1, -0.05) is 6.07 Å². The van der Waals surface area contributed by atoms with Crippen molar-refractivity contribution in [3.63, 3.8) is 0 Å². The second-order valence-corrected chi connectivity index (χ2v) is 8.98. The Morgan fingerprint density at radius 2 is 1.97 bits per heavy atom. The van der Waals surface area contributed by atoms with Gasteiger partial charge in [-0.15, -0.1) is 0 Å². The summed E-state index contributed by atoms with van der Waals surface area (Å²) in [4.78, 5) is 32.7. The van der Waals surface area contributed by atoms with E-state index in [2.05, 4.69) is 24.8 Å². The minimum atomic E-state index is -0.745. The molecule has 1 aromatic carbocycles. The summed E-state index contributed by atoms with van der Waals surface area (Å²) in [7, 11) is 0. The minimum Gasteiger partial charge on any atom is -0.453 e. The van der Waals surface area contributed by atoms with E-state index in [1.165, 1.54) is 6.07 Å². The summed E-state index contributed by atoms with van der Waals surface area (Å²) in [6.07, 6.45) is 8.77. The van der Waals surface area contributed by atoms with E-state index < -0.39 is 11.9 Å². The normalized spacial score (nSPS) is 15.2. The number of benzene rings is 1. The molecule has 0 aliphatic carbocycles. The highest BCUT2D eigenvalue weighted by atomic mass is 19.1. The van der Waals surface area contributed by atoms with E-state index in [-0.39, 0.29) is 18.1 Å². The first kappa shape index (κ1) is 23.8. The molecule has 186 valence electrons. The molecule has 4 heterocycles. The zero-order chi connectivity index (χ0) is 25.1. The summed E-state index contributed by atoms with van der Waals surface area (Å²) in [5, 5.41) is 0.811. The predicted molar refractivity (Wildman–Crippen MR) is 133 cm³/mol. The van der Waals surface area contributed by atoms with Gasteiger partial charge in [0.25, 0.3) is 0 Å². The maximum atomic E-state index is 14.9.